The zero-order valence-electron chi connectivity index (χ0n) is 7.78. The number of hydrogen-bond donors (Lipinski definition) is 0. The number of aromatic nitrogens is 1. The third kappa shape index (κ3) is 2.89. The second-order valence-corrected chi connectivity index (χ2v) is 3.38. The Labute approximate surface area is 111 Å². The van der Waals surface area contributed by atoms with Crippen molar-refractivity contribution in [3.8, 4) is 11.3 Å². The number of nitrogens with zero attached hydrogens (tertiary/aromatic N) is 1. The van der Waals surface area contributed by atoms with Gasteiger partial charge in [-0.05, 0) is 17.7 Å². The van der Waals surface area contributed by atoms with Gasteiger partial charge in [0, 0.05) is 12.6 Å². The van der Waals surface area contributed by atoms with Crippen molar-refractivity contribution in [3.63, 3.8) is 0 Å². The molecule has 0 atom stereocenters. The van der Waals surface area contributed by atoms with Crippen molar-refractivity contribution in [1.29, 1.82) is 0 Å². The van der Waals surface area contributed by atoms with Gasteiger partial charge in [0.05, 0.1) is 5.69 Å². The van der Waals surface area contributed by atoms with Crippen LogP contribution in [0.25, 0.3) is 11.3 Å². The second-order valence-electron chi connectivity index (χ2n) is 2.94. The van der Waals surface area contributed by atoms with E-state index >= 15 is 0 Å². The van der Waals surface area contributed by atoms with Crippen LogP contribution in [0.2, 0.25) is 0 Å². The van der Waals surface area contributed by atoms with Crippen LogP contribution in [0.1, 0.15) is 5.69 Å². The summed E-state index contributed by atoms with van der Waals surface area (Å²) in [6, 6.07) is 13.2. The molecule has 0 saturated carbocycles. The van der Waals surface area contributed by atoms with Gasteiger partial charge in [-0.25, -0.2) is 0 Å². The molecule has 78 valence electrons. The van der Waals surface area contributed by atoms with E-state index in [4.69, 9.17) is 19.6 Å². The molecule has 2 rings (SSSR count). The predicted octanol–water partition coefficient (Wildman–Crippen LogP) is 2.71. The molecule has 0 spiro atoms. The summed E-state index contributed by atoms with van der Waals surface area (Å²) in [6.45, 7) is 5.60. The third-order valence-corrected chi connectivity index (χ3v) is 2.29. The van der Waals surface area contributed by atoms with Crippen LogP contribution >= 0.6 is 0 Å². The Morgan fingerprint density at radius 3 is 2.40 bits per heavy atom. The van der Waals surface area contributed by atoms with Crippen molar-refractivity contribution < 1.29 is 22.4 Å². The SMILES string of the molecule is [Au+].[CH]c1cccc(-c2ccccc2[S-])n1. The Kier molecular flexibility index (Phi) is 4.48. The quantitative estimate of drug-likeness (QED) is 0.544. The summed E-state index contributed by atoms with van der Waals surface area (Å²) in [5, 5.41) is 0. The van der Waals surface area contributed by atoms with Gasteiger partial charge in [0.2, 0.25) is 0 Å². The summed E-state index contributed by atoms with van der Waals surface area (Å²) in [6.07, 6.45) is 0. The number of benzene rings is 1. The normalized spacial score (nSPS) is 9.40. The molecule has 1 heterocycles. The first-order valence-electron chi connectivity index (χ1n) is 4.26. The maximum atomic E-state index is 5.60. The fraction of sp³-hybridized carbons (Fsp3) is 0. The summed E-state index contributed by atoms with van der Waals surface area (Å²) in [7, 11) is 0. The summed E-state index contributed by atoms with van der Waals surface area (Å²) in [5.74, 6) is 0. The minimum Gasteiger partial charge on any atom is -0.779 e. The molecule has 0 aliphatic rings. The van der Waals surface area contributed by atoms with Gasteiger partial charge in [0.15, 0.2) is 0 Å². The van der Waals surface area contributed by atoms with Gasteiger partial charge in [-0.1, -0.05) is 30.3 Å². The summed E-state index contributed by atoms with van der Waals surface area (Å²) < 4.78 is 0. The van der Waals surface area contributed by atoms with Crippen LogP contribution in [-0.4, -0.2) is 4.98 Å². The topological polar surface area (TPSA) is 12.9 Å². The first kappa shape index (κ1) is 12.4. The molecule has 0 aliphatic carbocycles. The molecule has 1 nitrogen and oxygen atoms in total. The van der Waals surface area contributed by atoms with Crippen LogP contribution in [0, 0.1) is 6.92 Å². The molecule has 0 N–H and O–H groups in total. The van der Waals surface area contributed by atoms with E-state index in [2.05, 4.69) is 4.98 Å². The molecule has 0 unspecified atom stereocenters. The van der Waals surface area contributed by atoms with E-state index < -0.39 is 0 Å². The molecule has 3 heteroatoms. The zero-order chi connectivity index (χ0) is 9.97. The van der Waals surface area contributed by atoms with Gasteiger partial charge in [0.25, 0.3) is 0 Å². The molecular weight excluding hydrogens is 387 g/mol. The van der Waals surface area contributed by atoms with E-state index in [1.165, 1.54) is 0 Å². The van der Waals surface area contributed by atoms with Crippen molar-refractivity contribution in [1.82, 2.24) is 4.98 Å². The van der Waals surface area contributed by atoms with E-state index in [1.54, 1.807) is 6.07 Å². The molecule has 0 saturated heterocycles. The smallest absolute Gasteiger partial charge is 0.779 e. The standard InChI is InChI=1S/C12H9NS.Au/c1-9-5-4-7-11(13-9)10-6-2-3-8-12(10)14;/h1-8,14H;/q;+1/p-1. The van der Waals surface area contributed by atoms with Gasteiger partial charge in [0.1, 0.15) is 0 Å². The Morgan fingerprint density at radius 1 is 1.00 bits per heavy atom. The molecule has 0 bridgehead atoms. The van der Waals surface area contributed by atoms with E-state index in [-0.39, 0.29) is 22.4 Å². The average molecular weight is 395 g/mol. The Balaban J connectivity index is 0.00000112. The van der Waals surface area contributed by atoms with E-state index in [0.717, 1.165) is 16.2 Å². The van der Waals surface area contributed by atoms with E-state index in [0.29, 0.717) is 5.69 Å². The van der Waals surface area contributed by atoms with Gasteiger partial charge >= 0.3 is 22.4 Å². The molecular formula is C12H8AuNS. The molecule has 0 amide bonds. The van der Waals surface area contributed by atoms with Gasteiger partial charge in [-0.3, -0.25) is 4.98 Å². The first-order chi connectivity index (χ1) is 6.77. The fourth-order valence-corrected chi connectivity index (χ4v) is 1.53. The largest absolute Gasteiger partial charge is 1.00 e. The molecule has 2 aromatic rings. The second kappa shape index (κ2) is 5.42. The molecule has 0 aliphatic heterocycles. The van der Waals surface area contributed by atoms with Crippen LogP contribution in [0.4, 0.5) is 0 Å². The molecule has 1 aromatic carbocycles. The molecule has 0 fully saturated rings. The van der Waals surface area contributed by atoms with Crippen LogP contribution < -0.4 is 0 Å². The fourth-order valence-electron chi connectivity index (χ4n) is 1.28. The van der Waals surface area contributed by atoms with Crippen LogP contribution in [0.15, 0.2) is 47.4 Å². The van der Waals surface area contributed by atoms with Crippen LogP contribution in [0.3, 0.4) is 0 Å². The van der Waals surface area contributed by atoms with E-state index in [9.17, 15) is 0 Å². The monoisotopic (exact) mass is 395 g/mol. The van der Waals surface area contributed by atoms with Crippen molar-refractivity contribution in [2.24, 2.45) is 0 Å². The number of hydrogen-bond acceptors (Lipinski definition) is 2. The molecule has 15 heavy (non-hydrogen) atoms. The average Bonchev–Trinajstić information content (AvgIpc) is 2.18. The van der Waals surface area contributed by atoms with Gasteiger partial charge in [-0.2, -0.15) is 4.90 Å². The van der Waals surface area contributed by atoms with Gasteiger partial charge in [-0.15, -0.1) is 0 Å². The predicted molar refractivity (Wildman–Crippen MR) is 58.7 cm³/mol. The Morgan fingerprint density at radius 2 is 1.73 bits per heavy atom. The van der Waals surface area contributed by atoms with Crippen molar-refractivity contribution in [3.05, 3.63) is 55.1 Å². The summed E-state index contributed by atoms with van der Waals surface area (Å²) >= 11 is 5.20. The number of rotatable bonds is 1. The zero-order valence-corrected chi connectivity index (χ0v) is 10.8. The summed E-state index contributed by atoms with van der Waals surface area (Å²) in [5.41, 5.74) is 2.30. The van der Waals surface area contributed by atoms with Crippen molar-refractivity contribution in [2.45, 2.75) is 4.90 Å². The van der Waals surface area contributed by atoms with E-state index in [1.807, 2.05) is 36.4 Å². The van der Waals surface area contributed by atoms with Gasteiger partial charge < -0.3 is 12.6 Å². The van der Waals surface area contributed by atoms with Crippen LogP contribution in [0.5, 0.6) is 0 Å². The molecule has 2 radical (unpaired) electrons. The first-order valence-corrected chi connectivity index (χ1v) is 4.67. The minimum absolute atomic E-state index is 0. The number of pyridine rings is 1. The Hall–Kier alpha value is -0.670. The maximum absolute atomic E-state index is 5.60. The third-order valence-electron chi connectivity index (χ3n) is 1.93. The minimum atomic E-state index is 0. The van der Waals surface area contributed by atoms with Crippen molar-refractivity contribution in [2.75, 3.05) is 0 Å². The Bertz CT molecular complexity index is 457. The molecule has 1 aromatic heterocycles. The van der Waals surface area contributed by atoms with Crippen LogP contribution in [-0.2, 0) is 35.0 Å². The van der Waals surface area contributed by atoms with Crippen molar-refractivity contribution >= 4 is 12.6 Å². The maximum Gasteiger partial charge on any atom is 1.00 e. The summed E-state index contributed by atoms with van der Waals surface area (Å²) in [4.78, 5) is 5.01.